The zero-order valence-electron chi connectivity index (χ0n) is 22.2. The Labute approximate surface area is 219 Å². The van der Waals surface area contributed by atoms with Gasteiger partial charge in [-0.05, 0) is 76.4 Å². The van der Waals surface area contributed by atoms with Crippen LogP contribution in [0.2, 0.25) is 0 Å². The fraction of sp³-hybridized carbons (Fsp3) is 0.265. The van der Waals surface area contributed by atoms with E-state index in [1.54, 1.807) is 0 Å². The number of rotatable bonds is 2. The van der Waals surface area contributed by atoms with Gasteiger partial charge in [0.1, 0.15) is 5.82 Å². The van der Waals surface area contributed by atoms with Gasteiger partial charge in [0.25, 0.3) is 0 Å². The highest BCUT2D eigenvalue weighted by atomic mass is 15.0. The lowest BCUT2D eigenvalue weighted by atomic mass is 9.80. The predicted molar refractivity (Wildman–Crippen MR) is 151 cm³/mol. The van der Waals surface area contributed by atoms with Gasteiger partial charge in [-0.1, -0.05) is 88.4 Å². The van der Waals surface area contributed by atoms with Gasteiger partial charge in [-0.15, -0.1) is 0 Å². The summed E-state index contributed by atoms with van der Waals surface area (Å²) in [7, 11) is 0. The highest BCUT2D eigenvalue weighted by Crippen LogP contribution is 2.52. The van der Waals surface area contributed by atoms with Gasteiger partial charge in [-0.3, -0.25) is 0 Å². The largest absolute Gasteiger partial charge is 0.213 e. The molecule has 3 aliphatic rings. The SMILES string of the molecule is Cc1nc(-c2ccc3c(c2)C(C)(C)C2=CCCC=C23)nc(-c2ccc3c(c2)C(C)(C)c2ccccc2-3)n1. The first-order chi connectivity index (χ1) is 17.7. The van der Waals surface area contributed by atoms with E-state index < -0.39 is 0 Å². The van der Waals surface area contributed by atoms with E-state index in [1.165, 1.54) is 44.5 Å². The van der Waals surface area contributed by atoms with E-state index in [4.69, 9.17) is 15.0 Å². The summed E-state index contributed by atoms with van der Waals surface area (Å²) in [6, 6.07) is 22.1. The second-order valence-corrected chi connectivity index (χ2v) is 11.7. The van der Waals surface area contributed by atoms with Gasteiger partial charge in [0, 0.05) is 22.0 Å². The maximum absolute atomic E-state index is 5.01. The van der Waals surface area contributed by atoms with E-state index in [-0.39, 0.29) is 10.8 Å². The Morgan fingerprint density at radius 2 is 1.19 bits per heavy atom. The van der Waals surface area contributed by atoms with Crippen molar-refractivity contribution in [1.82, 2.24) is 15.0 Å². The number of nitrogens with zero attached hydrogens (tertiary/aromatic N) is 3. The molecule has 7 rings (SSSR count). The monoisotopic (exact) mass is 481 g/mol. The third-order valence-electron chi connectivity index (χ3n) is 8.66. The number of allylic oxidation sites excluding steroid dienone is 4. The summed E-state index contributed by atoms with van der Waals surface area (Å²) in [5, 5.41) is 0. The van der Waals surface area contributed by atoms with E-state index in [0.717, 1.165) is 41.4 Å². The molecule has 37 heavy (non-hydrogen) atoms. The molecule has 0 saturated heterocycles. The van der Waals surface area contributed by atoms with Crippen molar-refractivity contribution in [3.05, 3.63) is 106 Å². The molecule has 1 heterocycles. The van der Waals surface area contributed by atoms with Crippen molar-refractivity contribution in [1.29, 1.82) is 0 Å². The normalized spacial score (nSPS) is 17.9. The molecular formula is C34H31N3. The standard InChI is InChI=1S/C34H31N3/c1-20-35-31(21-14-16-25-23-10-6-8-12-27(23)33(2,3)29(25)18-21)37-32(36-20)22-15-17-26-24-11-7-9-13-28(24)34(4,5)30(26)19-22/h6,8,10-19H,7,9H2,1-5H3. The number of aromatic nitrogens is 3. The van der Waals surface area contributed by atoms with Crippen LogP contribution in [0.25, 0.3) is 39.5 Å². The number of hydrogen-bond acceptors (Lipinski definition) is 3. The summed E-state index contributed by atoms with van der Waals surface area (Å²) in [6.07, 6.45) is 7.08. The number of hydrogen-bond donors (Lipinski definition) is 0. The molecule has 0 aliphatic heterocycles. The van der Waals surface area contributed by atoms with Crippen molar-refractivity contribution in [2.45, 2.75) is 58.3 Å². The van der Waals surface area contributed by atoms with Gasteiger partial charge in [0.05, 0.1) is 0 Å². The highest BCUT2D eigenvalue weighted by molar-refractivity contribution is 5.91. The summed E-state index contributed by atoms with van der Waals surface area (Å²) in [4.78, 5) is 14.6. The molecule has 3 nitrogen and oxygen atoms in total. The van der Waals surface area contributed by atoms with Crippen molar-refractivity contribution in [2.75, 3.05) is 0 Å². The summed E-state index contributed by atoms with van der Waals surface area (Å²) in [6.45, 7) is 11.2. The second-order valence-electron chi connectivity index (χ2n) is 11.7. The smallest absolute Gasteiger partial charge is 0.163 e. The molecule has 3 aliphatic carbocycles. The maximum Gasteiger partial charge on any atom is 0.163 e. The minimum Gasteiger partial charge on any atom is -0.213 e. The number of benzene rings is 3. The van der Waals surface area contributed by atoms with E-state index in [0.29, 0.717) is 0 Å². The molecule has 0 bridgehead atoms. The van der Waals surface area contributed by atoms with Crippen LogP contribution in [0.15, 0.2) is 78.4 Å². The van der Waals surface area contributed by atoms with Gasteiger partial charge >= 0.3 is 0 Å². The van der Waals surface area contributed by atoms with Crippen LogP contribution in [0.4, 0.5) is 0 Å². The molecule has 0 amide bonds. The number of aryl methyl sites for hydroxylation is 1. The van der Waals surface area contributed by atoms with Crippen LogP contribution in [-0.4, -0.2) is 15.0 Å². The number of fused-ring (bicyclic) bond motifs is 6. The van der Waals surface area contributed by atoms with Gasteiger partial charge in [0.2, 0.25) is 0 Å². The fourth-order valence-electron chi connectivity index (χ4n) is 6.69. The van der Waals surface area contributed by atoms with E-state index in [9.17, 15) is 0 Å². The summed E-state index contributed by atoms with van der Waals surface area (Å²) < 4.78 is 0. The molecule has 182 valence electrons. The molecule has 0 saturated carbocycles. The molecule has 0 unspecified atom stereocenters. The quantitative estimate of drug-likeness (QED) is 0.289. The molecule has 1 aromatic heterocycles. The van der Waals surface area contributed by atoms with Gasteiger partial charge in [-0.2, -0.15) is 0 Å². The van der Waals surface area contributed by atoms with E-state index >= 15 is 0 Å². The van der Waals surface area contributed by atoms with Crippen molar-refractivity contribution in [2.24, 2.45) is 0 Å². The molecule has 3 aromatic carbocycles. The van der Waals surface area contributed by atoms with Crippen molar-refractivity contribution < 1.29 is 0 Å². The lowest BCUT2D eigenvalue weighted by Gasteiger charge is -2.23. The van der Waals surface area contributed by atoms with Crippen molar-refractivity contribution in [3.63, 3.8) is 0 Å². The lowest BCUT2D eigenvalue weighted by Crippen LogP contribution is -2.16. The fourth-order valence-corrected chi connectivity index (χ4v) is 6.69. The Bertz CT molecular complexity index is 1680. The Morgan fingerprint density at radius 1 is 0.595 bits per heavy atom. The summed E-state index contributed by atoms with van der Waals surface area (Å²) in [5.74, 6) is 2.21. The zero-order chi connectivity index (χ0) is 25.5. The van der Waals surface area contributed by atoms with Crippen LogP contribution in [0.3, 0.4) is 0 Å². The summed E-state index contributed by atoms with van der Waals surface area (Å²) in [5.41, 5.74) is 12.9. The van der Waals surface area contributed by atoms with Crippen LogP contribution in [0.1, 0.15) is 68.6 Å². The molecule has 0 radical (unpaired) electrons. The average molecular weight is 482 g/mol. The van der Waals surface area contributed by atoms with Gasteiger partial charge in [0.15, 0.2) is 11.6 Å². The van der Waals surface area contributed by atoms with Crippen LogP contribution >= 0.6 is 0 Å². The molecule has 3 heteroatoms. The molecular weight excluding hydrogens is 450 g/mol. The molecule has 0 spiro atoms. The summed E-state index contributed by atoms with van der Waals surface area (Å²) >= 11 is 0. The van der Waals surface area contributed by atoms with Crippen LogP contribution < -0.4 is 0 Å². The first-order valence-corrected chi connectivity index (χ1v) is 13.3. The Balaban J connectivity index is 1.33. The molecule has 0 fully saturated rings. The first kappa shape index (κ1) is 22.4. The minimum atomic E-state index is -0.0570. The highest BCUT2D eigenvalue weighted by Gasteiger charge is 2.39. The topological polar surface area (TPSA) is 38.7 Å². The van der Waals surface area contributed by atoms with Crippen LogP contribution in [0.5, 0.6) is 0 Å². The van der Waals surface area contributed by atoms with E-state index in [2.05, 4.69) is 101 Å². The molecule has 0 N–H and O–H groups in total. The second kappa shape index (κ2) is 7.58. The van der Waals surface area contributed by atoms with Crippen molar-refractivity contribution >= 4 is 5.57 Å². The van der Waals surface area contributed by atoms with Crippen LogP contribution in [-0.2, 0) is 10.8 Å². The van der Waals surface area contributed by atoms with E-state index in [1.807, 2.05) is 6.92 Å². The molecule has 4 aromatic rings. The predicted octanol–water partition coefficient (Wildman–Crippen LogP) is 8.22. The lowest BCUT2D eigenvalue weighted by molar-refractivity contribution is 0.654. The third kappa shape index (κ3) is 3.16. The Morgan fingerprint density at radius 3 is 1.92 bits per heavy atom. The third-order valence-corrected chi connectivity index (χ3v) is 8.66. The van der Waals surface area contributed by atoms with Gasteiger partial charge in [-0.25, -0.2) is 15.0 Å². The Kier molecular flexibility index (Phi) is 4.58. The first-order valence-electron chi connectivity index (χ1n) is 13.3. The minimum absolute atomic E-state index is 0.0108. The maximum atomic E-state index is 5.01. The zero-order valence-corrected chi connectivity index (χ0v) is 22.2. The average Bonchev–Trinajstić information content (AvgIpc) is 3.28. The molecule has 0 atom stereocenters. The van der Waals surface area contributed by atoms with Crippen molar-refractivity contribution in [3.8, 4) is 33.9 Å². The van der Waals surface area contributed by atoms with Gasteiger partial charge < -0.3 is 0 Å². The Hall–Kier alpha value is -3.85. The van der Waals surface area contributed by atoms with Crippen LogP contribution in [0, 0.1) is 6.92 Å².